The van der Waals surface area contributed by atoms with Crippen LogP contribution in [-0.4, -0.2) is 49.8 Å². The molecule has 1 fully saturated rings. The number of amides is 1. The van der Waals surface area contributed by atoms with E-state index in [4.69, 9.17) is 14.2 Å². The van der Waals surface area contributed by atoms with Crippen molar-refractivity contribution in [3.63, 3.8) is 0 Å². The molecule has 0 aliphatic carbocycles. The SMILES string of the molecule is CCO[C@@H](C)C(=O)N1CC(Oc2cccc(OC)c2)C1. The topological polar surface area (TPSA) is 48.0 Å². The number of benzene rings is 1. The molecule has 2 rings (SSSR count). The Labute approximate surface area is 119 Å². The number of carbonyl (C=O) groups is 1. The van der Waals surface area contributed by atoms with Crippen molar-refractivity contribution in [1.29, 1.82) is 0 Å². The fraction of sp³-hybridized carbons (Fsp3) is 0.533. The van der Waals surface area contributed by atoms with Crippen LogP contribution in [0.4, 0.5) is 0 Å². The van der Waals surface area contributed by atoms with Gasteiger partial charge in [-0.25, -0.2) is 0 Å². The average Bonchev–Trinajstić information content (AvgIpc) is 2.42. The highest BCUT2D eigenvalue weighted by Gasteiger charge is 2.34. The first-order chi connectivity index (χ1) is 9.63. The molecule has 0 aromatic heterocycles. The first kappa shape index (κ1) is 14.7. The third kappa shape index (κ3) is 3.42. The monoisotopic (exact) mass is 279 g/mol. The molecule has 0 saturated carbocycles. The molecule has 1 saturated heterocycles. The van der Waals surface area contributed by atoms with Crippen molar-refractivity contribution in [2.24, 2.45) is 0 Å². The molecule has 1 aromatic rings. The van der Waals surface area contributed by atoms with Crippen LogP contribution < -0.4 is 9.47 Å². The van der Waals surface area contributed by atoms with Gasteiger partial charge < -0.3 is 19.1 Å². The molecule has 1 amide bonds. The number of ether oxygens (including phenoxy) is 3. The first-order valence-corrected chi connectivity index (χ1v) is 6.85. The highest BCUT2D eigenvalue weighted by molar-refractivity contribution is 5.81. The Morgan fingerprint density at radius 2 is 2.10 bits per heavy atom. The lowest BCUT2D eigenvalue weighted by Crippen LogP contribution is -2.58. The van der Waals surface area contributed by atoms with Crippen LogP contribution in [0.1, 0.15) is 13.8 Å². The number of rotatable bonds is 6. The first-order valence-electron chi connectivity index (χ1n) is 6.85. The smallest absolute Gasteiger partial charge is 0.251 e. The van der Waals surface area contributed by atoms with Crippen molar-refractivity contribution in [2.75, 3.05) is 26.8 Å². The van der Waals surface area contributed by atoms with E-state index in [1.807, 2.05) is 31.2 Å². The largest absolute Gasteiger partial charge is 0.497 e. The Morgan fingerprint density at radius 3 is 2.75 bits per heavy atom. The van der Waals surface area contributed by atoms with Crippen LogP contribution in [0.2, 0.25) is 0 Å². The number of hydrogen-bond donors (Lipinski definition) is 0. The normalized spacial score (nSPS) is 16.4. The van der Waals surface area contributed by atoms with Crippen molar-refractivity contribution in [3.8, 4) is 11.5 Å². The number of nitrogens with zero attached hydrogens (tertiary/aromatic N) is 1. The van der Waals surface area contributed by atoms with Crippen LogP contribution in [0.3, 0.4) is 0 Å². The third-order valence-electron chi connectivity index (χ3n) is 3.27. The molecule has 0 spiro atoms. The van der Waals surface area contributed by atoms with Crippen LogP contribution >= 0.6 is 0 Å². The molecular weight excluding hydrogens is 258 g/mol. The van der Waals surface area contributed by atoms with E-state index in [1.54, 1.807) is 18.9 Å². The van der Waals surface area contributed by atoms with E-state index in [1.165, 1.54) is 0 Å². The zero-order chi connectivity index (χ0) is 14.5. The van der Waals surface area contributed by atoms with Crippen LogP contribution in [-0.2, 0) is 9.53 Å². The van der Waals surface area contributed by atoms with Crippen molar-refractivity contribution >= 4 is 5.91 Å². The second-order valence-corrected chi connectivity index (χ2v) is 4.76. The van der Waals surface area contributed by atoms with E-state index in [0.717, 1.165) is 11.5 Å². The third-order valence-corrected chi connectivity index (χ3v) is 3.27. The summed E-state index contributed by atoms with van der Waals surface area (Å²) in [5.74, 6) is 1.55. The predicted molar refractivity (Wildman–Crippen MR) is 75.1 cm³/mol. The second-order valence-electron chi connectivity index (χ2n) is 4.76. The lowest BCUT2D eigenvalue weighted by Gasteiger charge is -2.40. The standard InChI is InChI=1S/C15H21NO4/c1-4-19-11(2)15(17)16-9-14(10-16)20-13-7-5-6-12(8-13)18-3/h5-8,11,14H,4,9-10H2,1-3H3/t11-/m0/s1. The summed E-state index contributed by atoms with van der Waals surface area (Å²) >= 11 is 0. The van der Waals surface area contributed by atoms with Gasteiger partial charge in [0.05, 0.1) is 20.2 Å². The molecule has 1 atom stereocenters. The quantitative estimate of drug-likeness (QED) is 0.795. The van der Waals surface area contributed by atoms with Crippen LogP contribution in [0.25, 0.3) is 0 Å². The van der Waals surface area contributed by atoms with Crippen molar-refractivity contribution in [1.82, 2.24) is 4.90 Å². The summed E-state index contributed by atoms with van der Waals surface area (Å²) in [6.07, 6.45) is -0.336. The van der Waals surface area contributed by atoms with Crippen molar-refractivity contribution < 1.29 is 19.0 Å². The van der Waals surface area contributed by atoms with E-state index >= 15 is 0 Å². The van der Waals surface area contributed by atoms with Crippen LogP contribution in [0.5, 0.6) is 11.5 Å². The summed E-state index contributed by atoms with van der Waals surface area (Å²) in [6.45, 7) is 5.42. The number of carbonyl (C=O) groups excluding carboxylic acids is 1. The zero-order valence-electron chi connectivity index (χ0n) is 12.2. The summed E-state index contributed by atoms with van der Waals surface area (Å²) in [6, 6.07) is 7.48. The summed E-state index contributed by atoms with van der Waals surface area (Å²) < 4.78 is 16.2. The van der Waals surface area contributed by atoms with Gasteiger partial charge in [0.15, 0.2) is 0 Å². The van der Waals surface area contributed by atoms with Gasteiger partial charge in [0.2, 0.25) is 0 Å². The van der Waals surface area contributed by atoms with Gasteiger partial charge in [-0.15, -0.1) is 0 Å². The minimum Gasteiger partial charge on any atom is -0.497 e. The van der Waals surface area contributed by atoms with Gasteiger partial charge in [-0.3, -0.25) is 4.79 Å². The second kappa shape index (κ2) is 6.61. The Hall–Kier alpha value is -1.75. The van der Waals surface area contributed by atoms with E-state index in [9.17, 15) is 4.79 Å². The number of likely N-dealkylation sites (tertiary alicyclic amines) is 1. The fourth-order valence-corrected chi connectivity index (χ4v) is 2.14. The maximum atomic E-state index is 11.9. The molecule has 0 radical (unpaired) electrons. The van der Waals surface area contributed by atoms with Gasteiger partial charge in [0.1, 0.15) is 23.7 Å². The Morgan fingerprint density at radius 1 is 1.40 bits per heavy atom. The van der Waals surface area contributed by atoms with E-state index in [-0.39, 0.29) is 18.1 Å². The molecule has 1 aromatic carbocycles. The van der Waals surface area contributed by atoms with E-state index < -0.39 is 0 Å². The van der Waals surface area contributed by atoms with Gasteiger partial charge in [-0.1, -0.05) is 6.07 Å². The molecule has 0 N–H and O–H groups in total. The van der Waals surface area contributed by atoms with Gasteiger partial charge in [0.25, 0.3) is 5.91 Å². The van der Waals surface area contributed by atoms with Crippen molar-refractivity contribution in [3.05, 3.63) is 24.3 Å². The maximum Gasteiger partial charge on any atom is 0.251 e. The molecule has 1 aliphatic rings. The molecule has 1 aliphatic heterocycles. The van der Waals surface area contributed by atoms with Crippen molar-refractivity contribution in [2.45, 2.75) is 26.1 Å². The van der Waals surface area contributed by atoms with Gasteiger partial charge >= 0.3 is 0 Å². The molecule has 0 unspecified atom stereocenters. The predicted octanol–water partition coefficient (Wildman–Crippen LogP) is 1.71. The summed E-state index contributed by atoms with van der Waals surface area (Å²) in [4.78, 5) is 13.7. The van der Waals surface area contributed by atoms with E-state index in [2.05, 4.69) is 0 Å². The Bertz CT molecular complexity index is 457. The van der Waals surface area contributed by atoms with E-state index in [0.29, 0.717) is 19.7 Å². The van der Waals surface area contributed by atoms with Crippen LogP contribution in [0.15, 0.2) is 24.3 Å². The highest BCUT2D eigenvalue weighted by atomic mass is 16.5. The summed E-state index contributed by atoms with van der Waals surface area (Å²) in [7, 11) is 1.62. The minimum absolute atomic E-state index is 0.0253. The Balaban J connectivity index is 1.80. The number of methoxy groups -OCH3 is 1. The molecular formula is C15H21NO4. The van der Waals surface area contributed by atoms with Gasteiger partial charge in [-0.2, -0.15) is 0 Å². The number of hydrogen-bond acceptors (Lipinski definition) is 4. The zero-order valence-corrected chi connectivity index (χ0v) is 12.2. The maximum absolute atomic E-state index is 11.9. The molecule has 0 bridgehead atoms. The van der Waals surface area contributed by atoms with Gasteiger partial charge in [-0.05, 0) is 26.0 Å². The van der Waals surface area contributed by atoms with Crippen LogP contribution in [0, 0.1) is 0 Å². The summed E-state index contributed by atoms with van der Waals surface area (Å²) in [5, 5.41) is 0. The summed E-state index contributed by atoms with van der Waals surface area (Å²) in [5.41, 5.74) is 0. The molecule has 20 heavy (non-hydrogen) atoms. The molecule has 110 valence electrons. The lowest BCUT2D eigenvalue weighted by molar-refractivity contribution is -0.151. The molecule has 5 heteroatoms. The van der Waals surface area contributed by atoms with Gasteiger partial charge in [0, 0.05) is 12.7 Å². The Kier molecular flexibility index (Phi) is 4.84. The molecule has 1 heterocycles. The molecule has 5 nitrogen and oxygen atoms in total. The average molecular weight is 279 g/mol. The fourth-order valence-electron chi connectivity index (χ4n) is 2.14. The highest BCUT2D eigenvalue weighted by Crippen LogP contribution is 2.23. The minimum atomic E-state index is -0.377. The lowest BCUT2D eigenvalue weighted by atomic mass is 10.1.